The fraction of sp³-hybridized carbons (Fsp3) is 0.562. The minimum Gasteiger partial charge on any atom is -0.342 e. The lowest BCUT2D eigenvalue weighted by atomic mass is 9.98. The van der Waals surface area contributed by atoms with Gasteiger partial charge in [-0.2, -0.15) is 0 Å². The first-order valence-electron chi connectivity index (χ1n) is 7.50. The zero-order chi connectivity index (χ0) is 15.1. The number of carbonyl (C=O) groups is 1. The fourth-order valence-corrected chi connectivity index (χ4v) is 3.53. The zero-order valence-corrected chi connectivity index (χ0v) is 14.5. The van der Waals surface area contributed by atoms with E-state index < -0.39 is 0 Å². The predicted octanol–water partition coefficient (Wildman–Crippen LogP) is 3.19. The molecule has 1 aliphatic heterocycles. The molecule has 1 fully saturated rings. The molecule has 0 saturated carbocycles. The molecule has 1 atom stereocenters. The van der Waals surface area contributed by atoms with E-state index in [0.717, 1.165) is 36.7 Å². The Balaban J connectivity index is 0.00000242. The summed E-state index contributed by atoms with van der Waals surface area (Å²) in [6.07, 6.45) is 2.85. The van der Waals surface area contributed by atoms with Crippen molar-refractivity contribution in [3.8, 4) is 0 Å². The van der Waals surface area contributed by atoms with Crippen LogP contribution in [0.25, 0.3) is 0 Å². The smallest absolute Gasteiger partial charge is 0.223 e. The summed E-state index contributed by atoms with van der Waals surface area (Å²) in [5.41, 5.74) is 0. The van der Waals surface area contributed by atoms with Gasteiger partial charge in [0.1, 0.15) is 5.82 Å². The molecule has 1 amide bonds. The molecule has 0 bridgehead atoms. The summed E-state index contributed by atoms with van der Waals surface area (Å²) in [6, 6.07) is 6.43. The lowest BCUT2D eigenvalue weighted by Gasteiger charge is -2.32. The molecule has 1 aliphatic rings. The van der Waals surface area contributed by atoms with Gasteiger partial charge >= 0.3 is 0 Å². The Kier molecular flexibility index (Phi) is 8.83. The van der Waals surface area contributed by atoms with Crippen LogP contribution in [0.3, 0.4) is 0 Å². The lowest BCUT2D eigenvalue weighted by molar-refractivity contribution is -0.132. The monoisotopic (exact) mass is 346 g/mol. The van der Waals surface area contributed by atoms with Gasteiger partial charge in [0.25, 0.3) is 0 Å². The van der Waals surface area contributed by atoms with Gasteiger partial charge in [-0.05, 0) is 56.6 Å². The summed E-state index contributed by atoms with van der Waals surface area (Å²) in [6.45, 7) is 2.75. The summed E-state index contributed by atoms with van der Waals surface area (Å²) in [5, 5.41) is 3.19. The van der Waals surface area contributed by atoms with Crippen LogP contribution in [0.1, 0.15) is 19.3 Å². The Bertz CT molecular complexity index is 456. The molecule has 22 heavy (non-hydrogen) atoms. The van der Waals surface area contributed by atoms with Gasteiger partial charge in [0.05, 0.1) is 0 Å². The van der Waals surface area contributed by atoms with Gasteiger partial charge in [-0.3, -0.25) is 4.79 Å². The average molecular weight is 347 g/mol. The molecule has 1 unspecified atom stereocenters. The number of likely N-dealkylation sites (tertiary alicyclic amines) is 1. The number of carbonyl (C=O) groups excluding carboxylic acids is 1. The topological polar surface area (TPSA) is 32.3 Å². The maximum absolute atomic E-state index is 12.8. The summed E-state index contributed by atoms with van der Waals surface area (Å²) < 4.78 is 12.8. The van der Waals surface area contributed by atoms with E-state index >= 15 is 0 Å². The summed E-state index contributed by atoms with van der Waals surface area (Å²) in [5.74, 6) is 1.35. The molecule has 1 saturated heterocycles. The number of nitrogens with zero attached hydrogens (tertiary/aromatic N) is 1. The molecule has 6 heteroatoms. The van der Waals surface area contributed by atoms with Gasteiger partial charge in [0.2, 0.25) is 5.91 Å². The number of hydrogen-bond acceptors (Lipinski definition) is 3. The quantitative estimate of drug-likeness (QED) is 0.803. The van der Waals surface area contributed by atoms with Crippen molar-refractivity contribution in [3.05, 3.63) is 30.1 Å². The van der Waals surface area contributed by atoms with Crippen molar-refractivity contribution in [3.63, 3.8) is 0 Å². The van der Waals surface area contributed by atoms with E-state index in [1.807, 2.05) is 11.9 Å². The SMILES string of the molecule is CNCC1CCCN(C(=O)CCSc2ccc(F)cc2)C1.Cl. The van der Waals surface area contributed by atoms with Crippen molar-refractivity contribution in [2.45, 2.75) is 24.2 Å². The molecule has 0 radical (unpaired) electrons. The molecule has 0 aliphatic carbocycles. The predicted molar refractivity (Wildman–Crippen MR) is 92.2 cm³/mol. The summed E-state index contributed by atoms with van der Waals surface area (Å²) in [4.78, 5) is 15.2. The van der Waals surface area contributed by atoms with Crippen LogP contribution in [0.15, 0.2) is 29.2 Å². The second-order valence-electron chi connectivity index (χ2n) is 5.46. The molecule has 2 rings (SSSR count). The van der Waals surface area contributed by atoms with Crippen LogP contribution < -0.4 is 5.32 Å². The standard InChI is InChI=1S/C16H23FN2OS.ClH/c1-18-11-13-3-2-9-19(12-13)16(20)8-10-21-15-6-4-14(17)5-7-15;/h4-7,13,18H,2-3,8-12H2,1H3;1H. The van der Waals surface area contributed by atoms with Gasteiger partial charge in [-0.1, -0.05) is 0 Å². The molecular weight excluding hydrogens is 323 g/mol. The first-order chi connectivity index (χ1) is 10.2. The van der Waals surface area contributed by atoms with Crippen LogP contribution in [0.2, 0.25) is 0 Å². The first kappa shape index (κ1) is 19.3. The maximum atomic E-state index is 12.8. The van der Waals surface area contributed by atoms with Gasteiger partial charge in [0.15, 0.2) is 0 Å². The van der Waals surface area contributed by atoms with Crippen molar-refractivity contribution in [2.24, 2.45) is 5.92 Å². The van der Waals surface area contributed by atoms with Gasteiger partial charge in [0, 0.05) is 30.2 Å². The lowest BCUT2D eigenvalue weighted by Crippen LogP contribution is -2.42. The Morgan fingerprint density at radius 1 is 1.41 bits per heavy atom. The highest BCUT2D eigenvalue weighted by molar-refractivity contribution is 7.99. The van der Waals surface area contributed by atoms with E-state index in [-0.39, 0.29) is 24.1 Å². The average Bonchev–Trinajstić information content (AvgIpc) is 2.50. The molecular formula is C16H24ClFN2OS. The van der Waals surface area contributed by atoms with E-state index in [1.165, 1.54) is 18.6 Å². The van der Waals surface area contributed by atoms with E-state index in [9.17, 15) is 9.18 Å². The van der Waals surface area contributed by atoms with Crippen molar-refractivity contribution in [1.29, 1.82) is 0 Å². The third kappa shape index (κ3) is 6.15. The highest BCUT2D eigenvalue weighted by atomic mass is 35.5. The molecule has 3 nitrogen and oxygen atoms in total. The summed E-state index contributed by atoms with van der Waals surface area (Å²) in [7, 11) is 1.96. The van der Waals surface area contributed by atoms with Gasteiger partial charge in [-0.25, -0.2) is 4.39 Å². The van der Waals surface area contributed by atoms with Crippen LogP contribution >= 0.6 is 24.2 Å². The number of amides is 1. The third-order valence-corrected chi connectivity index (χ3v) is 4.78. The Morgan fingerprint density at radius 3 is 2.82 bits per heavy atom. The van der Waals surface area contributed by atoms with Crippen LogP contribution in [-0.2, 0) is 4.79 Å². The highest BCUT2D eigenvalue weighted by Crippen LogP contribution is 2.21. The first-order valence-corrected chi connectivity index (χ1v) is 8.48. The van der Waals surface area contributed by atoms with E-state index in [1.54, 1.807) is 23.9 Å². The van der Waals surface area contributed by atoms with Crippen LogP contribution in [0, 0.1) is 11.7 Å². The Hall–Kier alpha value is -0.780. The zero-order valence-electron chi connectivity index (χ0n) is 12.9. The second-order valence-corrected chi connectivity index (χ2v) is 6.63. The molecule has 0 aromatic heterocycles. The normalized spacial score (nSPS) is 17.9. The van der Waals surface area contributed by atoms with Gasteiger partial charge < -0.3 is 10.2 Å². The summed E-state index contributed by atoms with van der Waals surface area (Å²) >= 11 is 1.61. The number of piperidine rings is 1. The molecule has 1 aromatic carbocycles. The molecule has 1 heterocycles. The minimum atomic E-state index is -0.223. The molecule has 1 aromatic rings. The maximum Gasteiger partial charge on any atom is 0.223 e. The third-order valence-electron chi connectivity index (χ3n) is 3.76. The van der Waals surface area contributed by atoms with E-state index in [0.29, 0.717) is 12.3 Å². The van der Waals surface area contributed by atoms with Crippen LogP contribution in [0.4, 0.5) is 4.39 Å². The largest absolute Gasteiger partial charge is 0.342 e. The van der Waals surface area contributed by atoms with Crippen molar-refractivity contribution in [2.75, 3.05) is 32.4 Å². The minimum absolute atomic E-state index is 0. The van der Waals surface area contributed by atoms with E-state index in [2.05, 4.69) is 5.32 Å². The Morgan fingerprint density at radius 2 is 2.14 bits per heavy atom. The number of thioether (sulfide) groups is 1. The van der Waals surface area contributed by atoms with Crippen LogP contribution in [0.5, 0.6) is 0 Å². The molecule has 124 valence electrons. The number of benzene rings is 1. The highest BCUT2D eigenvalue weighted by Gasteiger charge is 2.22. The van der Waals surface area contributed by atoms with Gasteiger partial charge in [-0.15, -0.1) is 24.2 Å². The van der Waals surface area contributed by atoms with Crippen molar-refractivity contribution >= 4 is 30.1 Å². The Labute approximate surface area is 142 Å². The molecule has 0 spiro atoms. The number of hydrogen-bond donors (Lipinski definition) is 1. The van der Waals surface area contributed by atoms with Crippen LogP contribution in [-0.4, -0.2) is 43.2 Å². The van der Waals surface area contributed by atoms with Crippen molar-refractivity contribution < 1.29 is 9.18 Å². The fourth-order valence-electron chi connectivity index (χ4n) is 2.69. The van der Waals surface area contributed by atoms with E-state index in [4.69, 9.17) is 0 Å². The number of halogens is 2. The number of nitrogens with one attached hydrogen (secondary N) is 1. The second kappa shape index (κ2) is 10.1. The molecule has 1 N–H and O–H groups in total. The van der Waals surface area contributed by atoms with Crippen molar-refractivity contribution in [1.82, 2.24) is 10.2 Å². The number of rotatable bonds is 6.